The highest BCUT2D eigenvalue weighted by molar-refractivity contribution is 8.01. The number of anilines is 1. The smallest absolute Gasteiger partial charge is 0.208 e. The van der Waals surface area contributed by atoms with Crippen LogP contribution in [0.15, 0.2) is 27.7 Å². The Labute approximate surface area is 114 Å². The third-order valence-electron chi connectivity index (χ3n) is 2.21. The van der Waals surface area contributed by atoms with E-state index < -0.39 is 6.10 Å². The summed E-state index contributed by atoms with van der Waals surface area (Å²) in [5, 5.41) is 19.4. The van der Waals surface area contributed by atoms with Crippen LogP contribution in [0.25, 0.3) is 0 Å². The summed E-state index contributed by atoms with van der Waals surface area (Å²) in [6.07, 6.45) is 1.21. The SMILES string of the molecule is CC(O)c1ccnc(Sc2nnc(N(C)C)s2)c1. The van der Waals surface area contributed by atoms with Gasteiger partial charge >= 0.3 is 0 Å². The molecule has 2 aromatic heterocycles. The Morgan fingerprint density at radius 1 is 1.39 bits per heavy atom. The Morgan fingerprint density at radius 3 is 2.78 bits per heavy atom. The zero-order chi connectivity index (χ0) is 13.1. The molecular formula is C11H14N4OS2. The number of pyridine rings is 1. The van der Waals surface area contributed by atoms with Gasteiger partial charge in [0.05, 0.1) is 6.10 Å². The minimum atomic E-state index is -0.487. The second-order valence-corrected chi connectivity index (χ2v) is 6.17. The second kappa shape index (κ2) is 5.64. The predicted octanol–water partition coefficient (Wildman–Crippen LogP) is 2.20. The van der Waals surface area contributed by atoms with Gasteiger partial charge in [0.15, 0.2) is 4.34 Å². The molecule has 0 saturated carbocycles. The Kier molecular flexibility index (Phi) is 4.15. The van der Waals surface area contributed by atoms with Crippen molar-refractivity contribution in [2.45, 2.75) is 22.4 Å². The average Bonchev–Trinajstić information content (AvgIpc) is 2.78. The first-order chi connectivity index (χ1) is 8.56. The summed E-state index contributed by atoms with van der Waals surface area (Å²) in [5.74, 6) is 0. The molecule has 2 rings (SSSR count). The first-order valence-corrected chi connectivity index (χ1v) is 7.02. The zero-order valence-corrected chi connectivity index (χ0v) is 12.0. The summed E-state index contributed by atoms with van der Waals surface area (Å²) in [6.45, 7) is 1.73. The minimum Gasteiger partial charge on any atom is -0.389 e. The van der Waals surface area contributed by atoms with Crippen molar-refractivity contribution in [3.63, 3.8) is 0 Å². The summed E-state index contributed by atoms with van der Waals surface area (Å²) < 4.78 is 0.842. The summed E-state index contributed by atoms with van der Waals surface area (Å²) in [6, 6.07) is 3.67. The minimum absolute atomic E-state index is 0.487. The third kappa shape index (κ3) is 3.18. The Hall–Kier alpha value is -1.18. The maximum Gasteiger partial charge on any atom is 0.208 e. The first kappa shape index (κ1) is 13.3. The summed E-state index contributed by atoms with van der Waals surface area (Å²) >= 11 is 2.97. The number of aliphatic hydroxyl groups is 1. The summed E-state index contributed by atoms with van der Waals surface area (Å²) in [7, 11) is 3.86. The molecule has 0 saturated heterocycles. The van der Waals surface area contributed by atoms with Crippen LogP contribution in [0, 0.1) is 0 Å². The van der Waals surface area contributed by atoms with Crippen LogP contribution in [0.4, 0.5) is 5.13 Å². The van der Waals surface area contributed by atoms with E-state index in [1.54, 1.807) is 19.2 Å². The lowest BCUT2D eigenvalue weighted by Gasteiger charge is -2.05. The second-order valence-electron chi connectivity index (χ2n) is 3.95. The van der Waals surface area contributed by atoms with Crippen molar-refractivity contribution in [3.8, 4) is 0 Å². The standard InChI is InChI=1S/C11H14N4OS2/c1-7(16)8-4-5-12-9(6-8)17-11-14-13-10(18-11)15(2)3/h4-7,16H,1-3H3. The van der Waals surface area contributed by atoms with Gasteiger partial charge in [-0.05, 0) is 36.4 Å². The van der Waals surface area contributed by atoms with Gasteiger partial charge in [0, 0.05) is 20.3 Å². The largest absolute Gasteiger partial charge is 0.389 e. The molecule has 1 N–H and O–H groups in total. The van der Waals surface area contributed by atoms with E-state index in [2.05, 4.69) is 15.2 Å². The number of nitrogens with zero attached hydrogens (tertiary/aromatic N) is 4. The quantitative estimate of drug-likeness (QED) is 0.927. The van der Waals surface area contributed by atoms with E-state index in [1.165, 1.54) is 23.1 Å². The molecule has 1 unspecified atom stereocenters. The summed E-state index contributed by atoms with van der Waals surface area (Å²) in [4.78, 5) is 6.17. The molecule has 7 heteroatoms. The Morgan fingerprint density at radius 2 is 2.17 bits per heavy atom. The van der Waals surface area contributed by atoms with Crippen molar-refractivity contribution in [1.82, 2.24) is 15.2 Å². The van der Waals surface area contributed by atoms with Gasteiger partial charge in [-0.15, -0.1) is 10.2 Å². The van der Waals surface area contributed by atoms with E-state index >= 15 is 0 Å². The van der Waals surface area contributed by atoms with Crippen molar-refractivity contribution < 1.29 is 5.11 Å². The fourth-order valence-electron chi connectivity index (χ4n) is 1.25. The molecule has 18 heavy (non-hydrogen) atoms. The highest BCUT2D eigenvalue weighted by Gasteiger charge is 2.09. The Balaban J connectivity index is 2.15. The number of aliphatic hydroxyl groups excluding tert-OH is 1. The predicted molar refractivity (Wildman–Crippen MR) is 73.2 cm³/mol. The van der Waals surface area contributed by atoms with Gasteiger partial charge in [-0.1, -0.05) is 11.3 Å². The maximum atomic E-state index is 9.52. The van der Waals surface area contributed by atoms with Crippen LogP contribution in [-0.4, -0.2) is 34.4 Å². The van der Waals surface area contributed by atoms with Gasteiger partial charge in [0.25, 0.3) is 0 Å². The van der Waals surface area contributed by atoms with Crippen LogP contribution in [0.2, 0.25) is 0 Å². The molecule has 0 amide bonds. The highest BCUT2D eigenvalue weighted by atomic mass is 32.2. The van der Waals surface area contributed by atoms with Crippen LogP contribution in [-0.2, 0) is 0 Å². The average molecular weight is 282 g/mol. The van der Waals surface area contributed by atoms with Crippen LogP contribution >= 0.6 is 23.1 Å². The van der Waals surface area contributed by atoms with E-state index in [1.807, 2.05) is 25.1 Å². The molecule has 2 aromatic rings. The molecule has 0 aliphatic rings. The van der Waals surface area contributed by atoms with Crippen molar-refractivity contribution >= 4 is 28.2 Å². The molecule has 2 heterocycles. The van der Waals surface area contributed by atoms with E-state index in [-0.39, 0.29) is 0 Å². The van der Waals surface area contributed by atoms with E-state index in [0.29, 0.717) is 0 Å². The van der Waals surface area contributed by atoms with E-state index in [9.17, 15) is 5.11 Å². The van der Waals surface area contributed by atoms with Gasteiger partial charge in [-0.2, -0.15) is 0 Å². The van der Waals surface area contributed by atoms with Crippen molar-refractivity contribution in [2.24, 2.45) is 0 Å². The molecule has 0 fully saturated rings. The molecule has 0 aliphatic carbocycles. The van der Waals surface area contributed by atoms with Gasteiger partial charge in [-0.3, -0.25) is 0 Å². The monoisotopic (exact) mass is 282 g/mol. The third-order valence-corrected chi connectivity index (χ3v) is 4.29. The van der Waals surface area contributed by atoms with Gasteiger partial charge in [0.1, 0.15) is 5.03 Å². The van der Waals surface area contributed by atoms with Gasteiger partial charge in [0.2, 0.25) is 5.13 Å². The van der Waals surface area contributed by atoms with Crippen LogP contribution in [0.1, 0.15) is 18.6 Å². The van der Waals surface area contributed by atoms with E-state index in [0.717, 1.165) is 20.1 Å². The van der Waals surface area contributed by atoms with Crippen molar-refractivity contribution in [2.75, 3.05) is 19.0 Å². The van der Waals surface area contributed by atoms with Crippen molar-refractivity contribution in [1.29, 1.82) is 0 Å². The lowest BCUT2D eigenvalue weighted by molar-refractivity contribution is 0.199. The molecule has 0 radical (unpaired) electrons. The van der Waals surface area contributed by atoms with Crippen molar-refractivity contribution in [3.05, 3.63) is 23.9 Å². The van der Waals surface area contributed by atoms with E-state index in [4.69, 9.17) is 0 Å². The molecule has 0 bridgehead atoms. The molecule has 5 nitrogen and oxygen atoms in total. The summed E-state index contributed by atoms with van der Waals surface area (Å²) in [5.41, 5.74) is 0.852. The van der Waals surface area contributed by atoms with Crippen LogP contribution in [0.3, 0.4) is 0 Å². The lowest BCUT2D eigenvalue weighted by Crippen LogP contribution is -2.07. The lowest BCUT2D eigenvalue weighted by atomic mass is 10.2. The number of aromatic nitrogens is 3. The van der Waals surface area contributed by atoms with Crippen LogP contribution < -0.4 is 4.90 Å². The van der Waals surface area contributed by atoms with Gasteiger partial charge in [-0.25, -0.2) is 4.98 Å². The fourth-order valence-corrected chi connectivity index (χ4v) is 2.97. The maximum absolute atomic E-state index is 9.52. The zero-order valence-electron chi connectivity index (χ0n) is 10.4. The molecule has 0 aromatic carbocycles. The highest BCUT2D eigenvalue weighted by Crippen LogP contribution is 2.32. The molecule has 0 aliphatic heterocycles. The molecular weight excluding hydrogens is 268 g/mol. The number of rotatable bonds is 4. The molecule has 96 valence electrons. The first-order valence-electron chi connectivity index (χ1n) is 5.39. The Bertz CT molecular complexity index is 527. The molecule has 0 spiro atoms. The topological polar surface area (TPSA) is 62.1 Å². The normalized spacial score (nSPS) is 12.4. The van der Waals surface area contributed by atoms with Gasteiger partial charge < -0.3 is 10.0 Å². The number of hydrogen-bond donors (Lipinski definition) is 1. The van der Waals surface area contributed by atoms with Crippen LogP contribution in [0.5, 0.6) is 0 Å². The fraction of sp³-hybridized carbons (Fsp3) is 0.364. The molecule has 1 atom stereocenters. The number of hydrogen-bond acceptors (Lipinski definition) is 7.